The number of rotatable bonds is 6. The van der Waals surface area contributed by atoms with Crippen LogP contribution in [0.2, 0.25) is 0 Å². The summed E-state index contributed by atoms with van der Waals surface area (Å²) in [7, 11) is 4.13. The van der Waals surface area contributed by atoms with Gasteiger partial charge in [-0.05, 0) is 44.3 Å². The molecule has 24 heavy (non-hydrogen) atoms. The van der Waals surface area contributed by atoms with Crippen LogP contribution in [0.4, 0.5) is 10.2 Å². The van der Waals surface area contributed by atoms with E-state index < -0.39 is 0 Å². The number of anilines is 1. The van der Waals surface area contributed by atoms with Gasteiger partial charge in [0.1, 0.15) is 18.0 Å². The van der Waals surface area contributed by atoms with Crippen LogP contribution in [-0.4, -0.2) is 41.5 Å². The van der Waals surface area contributed by atoms with Crippen molar-refractivity contribution in [1.82, 2.24) is 14.9 Å². The number of halogens is 1. The normalized spacial score (nSPS) is 12.5. The number of nitrogens with zero attached hydrogens (tertiary/aromatic N) is 3. The van der Waals surface area contributed by atoms with Crippen molar-refractivity contribution in [3.05, 3.63) is 66.2 Å². The van der Waals surface area contributed by atoms with Crippen LogP contribution in [0.25, 0.3) is 10.9 Å². The Bertz CT molecular complexity index is 805. The Kier molecular flexibility index (Phi) is 5.01. The molecule has 1 aromatic heterocycles. The third-order valence-electron chi connectivity index (χ3n) is 4.15. The third-order valence-corrected chi connectivity index (χ3v) is 4.15. The first kappa shape index (κ1) is 16.3. The van der Waals surface area contributed by atoms with Crippen LogP contribution in [0.5, 0.6) is 0 Å². The first-order valence-corrected chi connectivity index (χ1v) is 7.98. The molecular formula is C19H21FN4. The van der Waals surface area contributed by atoms with Gasteiger partial charge in [0.15, 0.2) is 0 Å². The zero-order valence-electron chi connectivity index (χ0n) is 13.9. The van der Waals surface area contributed by atoms with E-state index in [1.54, 1.807) is 6.07 Å². The molecule has 0 radical (unpaired) electrons. The fourth-order valence-electron chi connectivity index (χ4n) is 2.71. The molecule has 3 aromatic rings. The van der Waals surface area contributed by atoms with Crippen LogP contribution in [0.3, 0.4) is 0 Å². The summed E-state index contributed by atoms with van der Waals surface area (Å²) in [6.07, 6.45) is 2.43. The Balaban J connectivity index is 1.76. The van der Waals surface area contributed by atoms with Crippen LogP contribution in [0.1, 0.15) is 5.56 Å². The molecule has 2 aromatic carbocycles. The average molecular weight is 324 g/mol. The predicted molar refractivity (Wildman–Crippen MR) is 95.6 cm³/mol. The van der Waals surface area contributed by atoms with Gasteiger partial charge in [-0.2, -0.15) is 0 Å². The van der Waals surface area contributed by atoms with Gasteiger partial charge >= 0.3 is 0 Å². The first-order chi connectivity index (χ1) is 11.6. The Labute approximate surface area is 141 Å². The summed E-state index contributed by atoms with van der Waals surface area (Å²) in [6, 6.07) is 15.2. The Morgan fingerprint density at radius 1 is 1.08 bits per heavy atom. The number of benzene rings is 2. The van der Waals surface area contributed by atoms with Gasteiger partial charge in [0.2, 0.25) is 0 Å². The van der Waals surface area contributed by atoms with Gasteiger partial charge in [0.25, 0.3) is 0 Å². The monoisotopic (exact) mass is 324 g/mol. The van der Waals surface area contributed by atoms with E-state index in [4.69, 9.17) is 0 Å². The third kappa shape index (κ3) is 3.86. The van der Waals surface area contributed by atoms with Crippen molar-refractivity contribution in [1.29, 1.82) is 0 Å². The number of hydrogen-bond acceptors (Lipinski definition) is 4. The lowest BCUT2D eigenvalue weighted by Crippen LogP contribution is -2.36. The van der Waals surface area contributed by atoms with Gasteiger partial charge < -0.3 is 10.2 Å². The number of nitrogens with one attached hydrogen (secondary N) is 1. The number of fused-ring (bicyclic) bond motifs is 1. The lowest BCUT2D eigenvalue weighted by molar-refractivity contribution is 0.303. The molecule has 0 saturated heterocycles. The smallest absolute Gasteiger partial charge is 0.137 e. The molecule has 3 rings (SSSR count). The minimum Gasteiger partial charge on any atom is -0.368 e. The summed E-state index contributed by atoms with van der Waals surface area (Å²) in [5, 5.41) is 4.06. The second-order valence-corrected chi connectivity index (χ2v) is 6.07. The van der Waals surface area contributed by atoms with Crippen LogP contribution in [-0.2, 0) is 6.42 Å². The molecule has 1 unspecified atom stereocenters. The van der Waals surface area contributed by atoms with Crippen LogP contribution >= 0.6 is 0 Å². The maximum Gasteiger partial charge on any atom is 0.137 e. The highest BCUT2D eigenvalue weighted by molar-refractivity contribution is 5.88. The van der Waals surface area contributed by atoms with E-state index >= 15 is 0 Å². The van der Waals surface area contributed by atoms with Crippen molar-refractivity contribution < 1.29 is 4.39 Å². The molecule has 1 N–H and O–H groups in total. The van der Waals surface area contributed by atoms with Crippen molar-refractivity contribution in [3.8, 4) is 0 Å². The minimum absolute atomic E-state index is 0.284. The molecule has 0 amide bonds. The molecule has 0 aliphatic heterocycles. The number of aromatic nitrogens is 2. The number of likely N-dealkylation sites (N-methyl/N-ethyl adjacent to an activating group) is 1. The molecule has 5 heteroatoms. The maximum atomic E-state index is 13.5. The van der Waals surface area contributed by atoms with Crippen molar-refractivity contribution in [2.24, 2.45) is 0 Å². The summed E-state index contributed by atoms with van der Waals surface area (Å²) in [4.78, 5) is 10.6. The highest BCUT2D eigenvalue weighted by atomic mass is 19.1. The molecule has 0 bridgehead atoms. The molecule has 0 saturated carbocycles. The van der Waals surface area contributed by atoms with Crippen LogP contribution < -0.4 is 5.32 Å². The lowest BCUT2D eigenvalue weighted by atomic mass is 10.1. The highest BCUT2D eigenvalue weighted by Crippen LogP contribution is 2.20. The highest BCUT2D eigenvalue weighted by Gasteiger charge is 2.13. The molecule has 1 atom stereocenters. The molecule has 0 fully saturated rings. The van der Waals surface area contributed by atoms with Gasteiger partial charge in [0.05, 0.1) is 5.52 Å². The zero-order valence-corrected chi connectivity index (χ0v) is 13.9. The predicted octanol–water partition coefficient (Wildman–Crippen LogP) is 3.35. The Morgan fingerprint density at radius 2 is 1.88 bits per heavy atom. The Morgan fingerprint density at radius 3 is 2.62 bits per heavy atom. The standard InChI is InChI=1S/C19H21FN4/c1-24(2)16(10-14-6-4-3-5-7-14)12-21-19-17-11-15(20)8-9-18(17)22-13-23-19/h3-9,11,13,16H,10,12H2,1-2H3,(H,21,22,23). The Hall–Kier alpha value is -2.53. The van der Waals surface area contributed by atoms with Crippen LogP contribution in [0.15, 0.2) is 54.9 Å². The summed E-state index contributed by atoms with van der Waals surface area (Å²) in [5.74, 6) is 0.383. The second-order valence-electron chi connectivity index (χ2n) is 6.07. The van der Waals surface area contributed by atoms with E-state index in [0.717, 1.165) is 11.9 Å². The second kappa shape index (κ2) is 7.36. The van der Waals surface area contributed by atoms with E-state index in [9.17, 15) is 4.39 Å². The topological polar surface area (TPSA) is 41.0 Å². The van der Waals surface area contributed by atoms with E-state index in [0.29, 0.717) is 23.8 Å². The van der Waals surface area contributed by atoms with Crippen LogP contribution in [0, 0.1) is 5.82 Å². The summed E-state index contributed by atoms with van der Waals surface area (Å²) >= 11 is 0. The SMILES string of the molecule is CN(C)C(CNc1ncnc2ccc(F)cc12)Cc1ccccc1. The first-order valence-electron chi connectivity index (χ1n) is 7.98. The van der Waals surface area contributed by atoms with E-state index in [1.165, 1.54) is 24.0 Å². The fraction of sp³-hybridized carbons (Fsp3) is 0.263. The summed E-state index contributed by atoms with van der Waals surface area (Å²) in [5.41, 5.74) is 2.02. The molecule has 4 nitrogen and oxygen atoms in total. The molecule has 0 spiro atoms. The van der Waals surface area contributed by atoms with Crippen molar-refractivity contribution in [3.63, 3.8) is 0 Å². The van der Waals surface area contributed by atoms with Gasteiger partial charge in [-0.1, -0.05) is 30.3 Å². The van der Waals surface area contributed by atoms with E-state index in [1.807, 2.05) is 6.07 Å². The van der Waals surface area contributed by atoms with Gasteiger partial charge in [-0.3, -0.25) is 0 Å². The largest absolute Gasteiger partial charge is 0.368 e. The molecule has 0 aliphatic rings. The van der Waals surface area contributed by atoms with E-state index in [2.05, 4.69) is 58.5 Å². The van der Waals surface area contributed by atoms with Crippen molar-refractivity contribution >= 4 is 16.7 Å². The minimum atomic E-state index is -0.284. The molecular weight excluding hydrogens is 303 g/mol. The van der Waals surface area contributed by atoms with Crippen molar-refractivity contribution in [2.75, 3.05) is 26.0 Å². The van der Waals surface area contributed by atoms with Gasteiger partial charge in [0, 0.05) is 18.0 Å². The quantitative estimate of drug-likeness (QED) is 0.755. The van der Waals surface area contributed by atoms with Gasteiger partial charge in [-0.25, -0.2) is 14.4 Å². The van der Waals surface area contributed by atoms with Crippen molar-refractivity contribution in [2.45, 2.75) is 12.5 Å². The maximum absolute atomic E-state index is 13.5. The lowest BCUT2D eigenvalue weighted by Gasteiger charge is -2.25. The summed E-state index contributed by atoms with van der Waals surface area (Å²) in [6.45, 7) is 0.713. The van der Waals surface area contributed by atoms with E-state index in [-0.39, 0.29) is 5.82 Å². The zero-order chi connectivity index (χ0) is 16.9. The fourth-order valence-corrected chi connectivity index (χ4v) is 2.71. The average Bonchev–Trinajstić information content (AvgIpc) is 2.59. The molecule has 1 heterocycles. The summed E-state index contributed by atoms with van der Waals surface area (Å²) < 4.78 is 13.5. The molecule has 124 valence electrons. The van der Waals surface area contributed by atoms with Gasteiger partial charge in [-0.15, -0.1) is 0 Å². The number of hydrogen-bond donors (Lipinski definition) is 1. The molecule has 0 aliphatic carbocycles.